The number of carboxylic acids is 1. The molecule has 0 aliphatic heterocycles. The predicted octanol–water partition coefficient (Wildman–Crippen LogP) is 7.56. The van der Waals surface area contributed by atoms with Gasteiger partial charge in [-0.15, -0.1) is 11.8 Å². The van der Waals surface area contributed by atoms with Gasteiger partial charge in [0, 0.05) is 29.0 Å². The first-order valence-corrected chi connectivity index (χ1v) is 13.7. The zero-order chi connectivity index (χ0) is 30.1. The number of aliphatic carboxylic acids is 1. The Hall–Kier alpha value is -4.64. The minimum Gasteiger partial charge on any atom is -0.497 e. The molecule has 42 heavy (non-hydrogen) atoms. The van der Waals surface area contributed by atoms with E-state index >= 15 is 0 Å². The van der Waals surface area contributed by atoms with E-state index in [1.165, 1.54) is 11.1 Å². The van der Waals surface area contributed by atoms with Crippen LogP contribution in [0.2, 0.25) is 0 Å². The summed E-state index contributed by atoms with van der Waals surface area (Å²) in [5, 5.41) is 10.7. The molecule has 11 heteroatoms. The molecule has 0 bridgehead atoms. The summed E-state index contributed by atoms with van der Waals surface area (Å²) in [7, 11) is 3.40. The Morgan fingerprint density at radius 2 is 1.62 bits per heavy atom. The highest BCUT2D eigenvalue weighted by Crippen LogP contribution is 2.37. The summed E-state index contributed by atoms with van der Waals surface area (Å²) in [6, 6.07) is 30.9. The highest BCUT2D eigenvalue weighted by Gasteiger charge is 2.38. The molecular weight excluding hydrogens is 567 g/mol. The minimum absolute atomic E-state index is 0.712. The Balaban J connectivity index is 0.000000517. The number of carbonyl (C=O) groups is 1. The highest BCUT2D eigenvalue weighted by molar-refractivity contribution is 7.98. The second-order valence-corrected chi connectivity index (χ2v) is 9.90. The van der Waals surface area contributed by atoms with E-state index < -0.39 is 12.1 Å². The number of methoxy groups -OCH3 is 2. The number of aromatic nitrogens is 2. The van der Waals surface area contributed by atoms with Crippen molar-refractivity contribution in [2.24, 2.45) is 0 Å². The van der Waals surface area contributed by atoms with Gasteiger partial charge in [0.1, 0.15) is 28.7 Å². The molecule has 0 aliphatic rings. The smallest absolute Gasteiger partial charge is 0.490 e. The number of anilines is 1. The summed E-state index contributed by atoms with van der Waals surface area (Å²) in [4.78, 5) is 14.9. The molecule has 0 saturated heterocycles. The molecule has 0 amide bonds. The summed E-state index contributed by atoms with van der Waals surface area (Å²) >= 11 is 1.75. The maximum Gasteiger partial charge on any atom is 0.490 e. The second kappa shape index (κ2) is 13.8. The highest BCUT2D eigenvalue weighted by atomic mass is 32.2. The molecule has 0 atom stereocenters. The Morgan fingerprint density at radius 3 is 2.26 bits per heavy atom. The van der Waals surface area contributed by atoms with Gasteiger partial charge in [-0.3, -0.25) is 4.40 Å². The topological polar surface area (TPSA) is 85.1 Å². The molecule has 0 aliphatic carbocycles. The van der Waals surface area contributed by atoms with Gasteiger partial charge in [-0.1, -0.05) is 54.6 Å². The SMILES string of the molecule is COc1ccc(CSc2ccc(-c3nc4ccccn4c3NCc3ccccc3)cc2OC)cc1.O=C(O)C(F)(F)F. The Morgan fingerprint density at radius 1 is 0.929 bits per heavy atom. The van der Waals surface area contributed by atoms with Crippen molar-refractivity contribution in [3.63, 3.8) is 0 Å². The van der Waals surface area contributed by atoms with Crippen LogP contribution in [0.1, 0.15) is 11.1 Å². The molecule has 5 aromatic rings. The largest absolute Gasteiger partial charge is 0.497 e. The van der Waals surface area contributed by atoms with E-state index in [1.54, 1.807) is 26.0 Å². The number of hydrogen-bond acceptors (Lipinski definition) is 6. The number of fused-ring (bicyclic) bond motifs is 1. The fourth-order valence-electron chi connectivity index (χ4n) is 3.96. The molecule has 0 saturated carbocycles. The van der Waals surface area contributed by atoms with E-state index in [1.807, 2.05) is 42.6 Å². The van der Waals surface area contributed by atoms with Gasteiger partial charge in [0.2, 0.25) is 0 Å². The van der Waals surface area contributed by atoms with Gasteiger partial charge in [-0.25, -0.2) is 9.78 Å². The molecule has 0 unspecified atom stereocenters. The van der Waals surface area contributed by atoms with E-state index in [9.17, 15) is 13.2 Å². The van der Waals surface area contributed by atoms with Gasteiger partial charge in [-0.2, -0.15) is 13.2 Å². The van der Waals surface area contributed by atoms with Gasteiger partial charge < -0.3 is 19.9 Å². The maximum atomic E-state index is 10.6. The number of ether oxygens (including phenoxy) is 2. The third-order valence-corrected chi connectivity index (χ3v) is 7.19. The minimum atomic E-state index is -5.08. The van der Waals surface area contributed by atoms with E-state index in [4.69, 9.17) is 24.4 Å². The molecule has 218 valence electrons. The number of imidazole rings is 1. The van der Waals surface area contributed by atoms with Gasteiger partial charge in [0.25, 0.3) is 0 Å². The third kappa shape index (κ3) is 7.76. The van der Waals surface area contributed by atoms with E-state index in [-0.39, 0.29) is 0 Å². The Labute approximate surface area is 244 Å². The van der Waals surface area contributed by atoms with Gasteiger partial charge >= 0.3 is 12.1 Å². The number of pyridine rings is 1. The lowest BCUT2D eigenvalue weighted by atomic mass is 10.1. The lowest BCUT2D eigenvalue weighted by Gasteiger charge is -2.12. The van der Waals surface area contributed by atoms with Crippen molar-refractivity contribution in [1.82, 2.24) is 9.38 Å². The average molecular weight is 596 g/mol. The third-order valence-electron chi connectivity index (χ3n) is 6.07. The number of benzene rings is 3. The summed E-state index contributed by atoms with van der Waals surface area (Å²) in [5.41, 5.74) is 5.25. The molecule has 5 rings (SSSR count). The van der Waals surface area contributed by atoms with E-state index in [0.29, 0.717) is 6.54 Å². The van der Waals surface area contributed by atoms with Crippen LogP contribution in [0.3, 0.4) is 0 Å². The van der Waals surface area contributed by atoms with Crippen molar-refractivity contribution in [2.45, 2.75) is 23.4 Å². The van der Waals surface area contributed by atoms with Crippen molar-refractivity contribution >= 4 is 29.2 Å². The molecule has 0 spiro atoms. The molecule has 0 radical (unpaired) electrons. The normalized spacial score (nSPS) is 11.0. The molecule has 3 aromatic carbocycles. The van der Waals surface area contributed by atoms with Crippen LogP contribution in [0.4, 0.5) is 19.0 Å². The van der Waals surface area contributed by atoms with Crippen LogP contribution in [0.5, 0.6) is 11.5 Å². The number of rotatable bonds is 9. The summed E-state index contributed by atoms with van der Waals surface area (Å²) in [6.45, 7) is 0.712. The van der Waals surface area contributed by atoms with E-state index in [2.05, 4.69) is 64.3 Å². The zero-order valence-corrected chi connectivity index (χ0v) is 23.6. The number of hydrogen-bond donors (Lipinski definition) is 2. The maximum absolute atomic E-state index is 10.6. The standard InChI is InChI=1S/C29H27N3O2S.C2HF3O2/c1-33-24-14-11-22(12-15-24)20-35-26-16-13-23(18-25(26)34-2)28-29(30-19-21-8-4-3-5-9-21)32-17-7-6-10-27(32)31-28;3-2(4,5)1(6)7/h3-18,30H,19-20H2,1-2H3;(H,6,7). The lowest BCUT2D eigenvalue weighted by molar-refractivity contribution is -0.192. The van der Waals surface area contributed by atoms with Gasteiger partial charge in [0.15, 0.2) is 0 Å². The molecule has 0 fully saturated rings. The number of nitrogens with zero attached hydrogens (tertiary/aromatic N) is 2. The van der Waals surface area contributed by atoms with Crippen LogP contribution in [-0.2, 0) is 17.1 Å². The molecule has 2 N–H and O–H groups in total. The zero-order valence-electron chi connectivity index (χ0n) is 22.8. The van der Waals surface area contributed by atoms with Gasteiger partial charge in [0.05, 0.1) is 14.2 Å². The fourth-order valence-corrected chi connectivity index (χ4v) is 4.93. The number of nitrogens with one attached hydrogen (secondary N) is 1. The van der Waals surface area contributed by atoms with Crippen LogP contribution in [0, 0.1) is 0 Å². The van der Waals surface area contributed by atoms with Crippen molar-refractivity contribution in [2.75, 3.05) is 19.5 Å². The number of thioether (sulfide) groups is 1. The monoisotopic (exact) mass is 595 g/mol. The first-order chi connectivity index (χ1) is 20.2. The molecule has 2 aromatic heterocycles. The number of halogens is 3. The van der Waals surface area contributed by atoms with Crippen LogP contribution in [0.25, 0.3) is 16.9 Å². The van der Waals surface area contributed by atoms with Crippen LogP contribution in [-0.4, -0.2) is 40.9 Å². The summed E-state index contributed by atoms with van der Waals surface area (Å²) in [6.07, 6.45) is -3.05. The number of carboxylic acid groups (broad SMARTS) is 1. The second-order valence-electron chi connectivity index (χ2n) is 8.88. The molecule has 7 nitrogen and oxygen atoms in total. The summed E-state index contributed by atoms with van der Waals surface area (Å²) < 4.78 is 44.9. The van der Waals surface area contributed by atoms with Crippen LogP contribution >= 0.6 is 11.8 Å². The van der Waals surface area contributed by atoms with E-state index in [0.717, 1.165) is 44.9 Å². The molecular formula is C31H28F3N3O4S. The van der Waals surface area contributed by atoms with Crippen molar-refractivity contribution < 1.29 is 32.5 Å². The van der Waals surface area contributed by atoms with Crippen molar-refractivity contribution in [3.8, 4) is 22.8 Å². The van der Waals surface area contributed by atoms with Crippen LogP contribution in [0.15, 0.2) is 102 Å². The molecule has 2 heterocycles. The van der Waals surface area contributed by atoms with Crippen molar-refractivity contribution in [1.29, 1.82) is 0 Å². The predicted molar refractivity (Wildman–Crippen MR) is 157 cm³/mol. The number of alkyl halides is 3. The van der Waals surface area contributed by atoms with Crippen LogP contribution < -0.4 is 14.8 Å². The fraction of sp³-hybridized carbons (Fsp3) is 0.161. The lowest BCUT2D eigenvalue weighted by Crippen LogP contribution is -2.21. The first-order valence-electron chi connectivity index (χ1n) is 12.7. The summed E-state index contributed by atoms with van der Waals surface area (Å²) in [5.74, 6) is 0.757. The van der Waals surface area contributed by atoms with Gasteiger partial charge in [-0.05, 0) is 47.5 Å². The first kappa shape index (κ1) is 30.3. The quantitative estimate of drug-likeness (QED) is 0.170. The van der Waals surface area contributed by atoms with Crippen molar-refractivity contribution in [3.05, 3.63) is 108 Å². The Kier molecular flexibility index (Phi) is 9.98. The average Bonchev–Trinajstić information content (AvgIpc) is 3.38. The Bertz CT molecular complexity index is 1620.